The van der Waals surface area contributed by atoms with Crippen LogP contribution in [-0.2, 0) is 19.5 Å². The fraction of sp³-hybridized carbons (Fsp3) is 0.429. The summed E-state index contributed by atoms with van der Waals surface area (Å²) in [6, 6.07) is 10.3. The molecule has 0 spiro atoms. The van der Waals surface area contributed by atoms with Gasteiger partial charge in [0.05, 0.1) is 21.3 Å². The molecule has 0 aliphatic carbocycles. The lowest BCUT2D eigenvalue weighted by molar-refractivity contribution is 0.138. The van der Waals surface area contributed by atoms with Crippen LogP contribution in [-0.4, -0.2) is 26.9 Å². The molecule has 0 atom stereocenters. The van der Waals surface area contributed by atoms with Gasteiger partial charge in [-0.1, -0.05) is 18.2 Å². The maximum Gasteiger partial charge on any atom is 0.203 e. The molecule has 5 heteroatoms. The van der Waals surface area contributed by atoms with E-state index in [1.807, 2.05) is 12.1 Å². The van der Waals surface area contributed by atoms with Gasteiger partial charge >= 0.3 is 0 Å². The first kappa shape index (κ1) is 18.4. The van der Waals surface area contributed by atoms with E-state index in [1.54, 1.807) is 21.3 Å². The zero-order valence-electron chi connectivity index (χ0n) is 16.1. The van der Waals surface area contributed by atoms with E-state index in [0.29, 0.717) is 23.8 Å². The highest BCUT2D eigenvalue weighted by Crippen LogP contribution is 2.39. The summed E-state index contributed by atoms with van der Waals surface area (Å²) >= 11 is 0. The van der Waals surface area contributed by atoms with Gasteiger partial charge in [0.1, 0.15) is 11.4 Å². The molecule has 1 N–H and O–H groups in total. The van der Waals surface area contributed by atoms with Crippen LogP contribution in [0.4, 0.5) is 0 Å². The Labute approximate surface area is 155 Å². The van der Waals surface area contributed by atoms with Crippen LogP contribution in [0.1, 0.15) is 30.5 Å². The Balaban J connectivity index is 1.68. The van der Waals surface area contributed by atoms with E-state index in [0.717, 1.165) is 24.3 Å². The van der Waals surface area contributed by atoms with Gasteiger partial charge in [0, 0.05) is 25.1 Å². The lowest BCUT2D eigenvalue weighted by Gasteiger charge is -2.16. The molecule has 2 aromatic carbocycles. The number of hydrogen-bond acceptors (Lipinski definition) is 5. The summed E-state index contributed by atoms with van der Waals surface area (Å²) in [7, 11) is 4.88. The highest BCUT2D eigenvalue weighted by Gasteiger charge is 2.29. The van der Waals surface area contributed by atoms with E-state index in [4.69, 9.17) is 18.9 Å². The molecule has 1 heterocycles. The second-order valence-corrected chi connectivity index (χ2v) is 7.08. The maximum absolute atomic E-state index is 5.94. The number of hydrogen-bond donors (Lipinski definition) is 1. The Bertz CT molecular complexity index is 786. The summed E-state index contributed by atoms with van der Waals surface area (Å²) in [5.74, 6) is 2.98. The van der Waals surface area contributed by atoms with Gasteiger partial charge in [-0.05, 0) is 37.1 Å². The Hall–Kier alpha value is -2.40. The van der Waals surface area contributed by atoms with Crippen LogP contribution >= 0.6 is 0 Å². The highest BCUT2D eigenvalue weighted by atomic mass is 16.5. The highest BCUT2D eigenvalue weighted by molar-refractivity contribution is 5.55. The van der Waals surface area contributed by atoms with E-state index < -0.39 is 0 Å². The Morgan fingerprint density at radius 3 is 2.42 bits per heavy atom. The molecule has 0 fully saturated rings. The average molecular weight is 357 g/mol. The van der Waals surface area contributed by atoms with Crippen molar-refractivity contribution in [2.45, 2.75) is 39.0 Å². The quantitative estimate of drug-likeness (QED) is 0.818. The van der Waals surface area contributed by atoms with Gasteiger partial charge in [0.25, 0.3) is 0 Å². The van der Waals surface area contributed by atoms with Crippen molar-refractivity contribution in [2.24, 2.45) is 0 Å². The third-order valence-corrected chi connectivity index (χ3v) is 4.56. The Morgan fingerprint density at radius 1 is 0.962 bits per heavy atom. The van der Waals surface area contributed by atoms with Crippen LogP contribution in [0.15, 0.2) is 30.3 Å². The van der Waals surface area contributed by atoms with Crippen molar-refractivity contribution < 1.29 is 18.9 Å². The van der Waals surface area contributed by atoms with Crippen LogP contribution < -0.4 is 24.3 Å². The largest absolute Gasteiger partial charge is 0.493 e. The summed E-state index contributed by atoms with van der Waals surface area (Å²) in [4.78, 5) is 0. The minimum atomic E-state index is -0.110. The molecule has 0 unspecified atom stereocenters. The minimum absolute atomic E-state index is 0.110. The number of methoxy groups -OCH3 is 3. The molecule has 3 rings (SSSR count). The molecule has 1 aliphatic rings. The molecule has 0 saturated heterocycles. The monoisotopic (exact) mass is 357 g/mol. The predicted octanol–water partition coefficient (Wildman–Crippen LogP) is 3.72. The third-order valence-electron chi connectivity index (χ3n) is 4.56. The summed E-state index contributed by atoms with van der Waals surface area (Å²) < 4.78 is 22.2. The molecule has 0 aromatic heterocycles. The number of nitrogens with one attached hydrogen (secondary N) is 1. The van der Waals surface area contributed by atoms with Gasteiger partial charge in [-0.3, -0.25) is 0 Å². The maximum atomic E-state index is 5.94. The Morgan fingerprint density at radius 2 is 1.73 bits per heavy atom. The van der Waals surface area contributed by atoms with Gasteiger partial charge < -0.3 is 24.3 Å². The lowest BCUT2D eigenvalue weighted by atomic mass is 10.0. The van der Waals surface area contributed by atoms with Crippen LogP contribution in [0.25, 0.3) is 0 Å². The fourth-order valence-corrected chi connectivity index (χ4v) is 3.42. The molecular weight excluding hydrogens is 330 g/mol. The third kappa shape index (κ3) is 3.73. The first-order valence-corrected chi connectivity index (χ1v) is 8.77. The molecule has 2 aromatic rings. The standard InChI is InChI=1S/C21H27NO4/c1-21(2)11-16-10-14(6-8-17(16)26-21)12-22-13-15-7-9-18(23-3)20(25-5)19(15)24-4/h6-10,22H,11-13H2,1-5H3. The van der Waals surface area contributed by atoms with Crippen LogP contribution in [0.5, 0.6) is 23.0 Å². The summed E-state index contributed by atoms with van der Waals surface area (Å²) in [6.07, 6.45) is 0.944. The molecule has 0 radical (unpaired) electrons. The second kappa shape index (κ2) is 7.46. The molecule has 5 nitrogen and oxygen atoms in total. The smallest absolute Gasteiger partial charge is 0.203 e. The SMILES string of the molecule is COc1ccc(CNCc2ccc3c(c2)CC(C)(C)O3)c(OC)c1OC. The van der Waals surface area contributed by atoms with Gasteiger partial charge in [0.15, 0.2) is 11.5 Å². The molecule has 26 heavy (non-hydrogen) atoms. The van der Waals surface area contributed by atoms with E-state index in [1.165, 1.54) is 11.1 Å². The van der Waals surface area contributed by atoms with Gasteiger partial charge in [0.2, 0.25) is 5.75 Å². The van der Waals surface area contributed by atoms with Crippen molar-refractivity contribution in [3.8, 4) is 23.0 Å². The van der Waals surface area contributed by atoms with E-state index in [9.17, 15) is 0 Å². The minimum Gasteiger partial charge on any atom is -0.493 e. The molecule has 0 bridgehead atoms. The zero-order chi connectivity index (χ0) is 18.7. The Kier molecular flexibility index (Phi) is 5.28. The molecule has 140 valence electrons. The number of rotatable bonds is 7. The number of benzene rings is 2. The van der Waals surface area contributed by atoms with Crippen molar-refractivity contribution in [3.63, 3.8) is 0 Å². The topological polar surface area (TPSA) is 49.0 Å². The van der Waals surface area contributed by atoms with E-state index >= 15 is 0 Å². The predicted molar refractivity (Wildman–Crippen MR) is 101 cm³/mol. The molecule has 0 saturated carbocycles. The van der Waals surface area contributed by atoms with Gasteiger partial charge in [-0.2, -0.15) is 0 Å². The van der Waals surface area contributed by atoms with Crippen molar-refractivity contribution in [1.29, 1.82) is 0 Å². The van der Waals surface area contributed by atoms with E-state index in [2.05, 4.69) is 37.4 Å². The molecule has 0 amide bonds. The first-order valence-electron chi connectivity index (χ1n) is 8.77. The second-order valence-electron chi connectivity index (χ2n) is 7.08. The average Bonchev–Trinajstić information content (AvgIpc) is 2.93. The molecular formula is C21H27NO4. The van der Waals surface area contributed by atoms with Crippen molar-refractivity contribution >= 4 is 0 Å². The summed E-state index contributed by atoms with van der Waals surface area (Å²) in [5.41, 5.74) is 3.43. The first-order chi connectivity index (χ1) is 12.5. The van der Waals surface area contributed by atoms with Crippen LogP contribution in [0.3, 0.4) is 0 Å². The number of fused-ring (bicyclic) bond motifs is 1. The lowest BCUT2D eigenvalue weighted by Crippen LogP contribution is -2.24. The molecule has 1 aliphatic heterocycles. The van der Waals surface area contributed by atoms with Gasteiger partial charge in [-0.15, -0.1) is 0 Å². The van der Waals surface area contributed by atoms with E-state index in [-0.39, 0.29) is 5.60 Å². The van der Waals surface area contributed by atoms with Crippen LogP contribution in [0.2, 0.25) is 0 Å². The van der Waals surface area contributed by atoms with Crippen molar-refractivity contribution in [3.05, 3.63) is 47.0 Å². The number of ether oxygens (including phenoxy) is 4. The summed E-state index contributed by atoms with van der Waals surface area (Å²) in [5, 5.41) is 3.48. The van der Waals surface area contributed by atoms with Crippen molar-refractivity contribution in [1.82, 2.24) is 5.32 Å². The zero-order valence-corrected chi connectivity index (χ0v) is 16.1. The van der Waals surface area contributed by atoms with Crippen LogP contribution in [0, 0.1) is 0 Å². The van der Waals surface area contributed by atoms with Crippen molar-refractivity contribution in [2.75, 3.05) is 21.3 Å². The van der Waals surface area contributed by atoms with Gasteiger partial charge in [-0.25, -0.2) is 0 Å². The fourth-order valence-electron chi connectivity index (χ4n) is 3.42. The summed E-state index contributed by atoms with van der Waals surface area (Å²) in [6.45, 7) is 5.68. The normalized spacial score (nSPS) is 14.5.